The third-order valence-corrected chi connectivity index (χ3v) is 4.15. The number of hydrogen-bond donors (Lipinski definition) is 2. The number of nitrogens with zero attached hydrogens (tertiary/aromatic N) is 2. The van der Waals surface area contributed by atoms with Crippen LogP contribution in [0.1, 0.15) is 65.2 Å². The van der Waals surface area contributed by atoms with Crippen molar-refractivity contribution in [1.82, 2.24) is 0 Å². The van der Waals surface area contributed by atoms with Gasteiger partial charge in [0.1, 0.15) is 5.84 Å². The first kappa shape index (κ1) is 18.9. The lowest BCUT2D eigenvalue weighted by atomic mass is 9.73. The molecule has 0 bridgehead atoms. The van der Waals surface area contributed by atoms with Crippen molar-refractivity contribution < 1.29 is 13.2 Å². The lowest BCUT2D eigenvalue weighted by Gasteiger charge is -2.39. The summed E-state index contributed by atoms with van der Waals surface area (Å²) in [6.45, 7) is 3.95. The maximum absolute atomic E-state index is 13.9. The Hall–Kier alpha value is -1.11. The fourth-order valence-corrected chi connectivity index (χ4v) is 2.88. The van der Waals surface area contributed by atoms with Crippen molar-refractivity contribution in [2.75, 3.05) is 0 Å². The molecule has 2 atom stereocenters. The number of amidine groups is 1. The van der Waals surface area contributed by atoms with Crippen LogP contribution in [-0.4, -0.2) is 24.0 Å². The molecule has 0 amide bonds. The third-order valence-electron chi connectivity index (χ3n) is 4.15. The van der Waals surface area contributed by atoms with E-state index in [-0.39, 0.29) is 18.6 Å². The van der Waals surface area contributed by atoms with Crippen LogP contribution in [-0.2, 0) is 0 Å². The molecule has 0 aromatic heterocycles. The van der Waals surface area contributed by atoms with E-state index in [0.29, 0.717) is 12.8 Å². The van der Waals surface area contributed by atoms with Crippen LogP contribution >= 0.6 is 0 Å². The summed E-state index contributed by atoms with van der Waals surface area (Å²) in [6.07, 6.45) is -0.911. The highest BCUT2D eigenvalue weighted by Gasteiger charge is 2.61. The summed E-state index contributed by atoms with van der Waals surface area (Å²) in [4.78, 5) is 7.73. The lowest BCUT2D eigenvalue weighted by molar-refractivity contribution is -0.178. The molecule has 0 radical (unpaired) electrons. The predicted octanol–water partition coefficient (Wildman–Crippen LogP) is 3.75. The first-order valence-electron chi connectivity index (χ1n) is 8.02. The molecule has 4 nitrogen and oxygen atoms in total. The van der Waals surface area contributed by atoms with Crippen LogP contribution in [0.5, 0.6) is 0 Å². The molecular formula is C15H27F3N4. The van der Waals surface area contributed by atoms with Gasteiger partial charge in [-0.15, -0.1) is 0 Å². The van der Waals surface area contributed by atoms with E-state index in [1.165, 1.54) is 0 Å². The number of alkyl halides is 3. The highest BCUT2D eigenvalue weighted by molar-refractivity contribution is 6.12. The smallest absolute Gasteiger partial charge is 0.386 e. The molecule has 128 valence electrons. The van der Waals surface area contributed by atoms with Gasteiger partial charge in [0.05, 0.1) is 0 Å². The van der Waals surface area contributed by atoms with Crippen LogP contribution in [0.15, 0.2) is 9.98 Å². The minimum absolute atomic E-state index is 0.0598. The van der Waals surface area contributed by atoms with Gasteiger partial charge >= 0.3 is 6.18 Å². The quantitative estimate of drug-likeness (QED) is 0.668. The average molecular weight is 320 g/mol. The molecular weight excluding hydrogens is 293 g/mol. The number of hydrogen-bond acceptors (Lipinski definition) is 4. The zero-order valence-corrected chi connectivity index (χ0v) is 13.4. The van der Waals surface area contributed by atoms with E-state index in [2.05, 4.69) is 9.98 Å². The second-order valence-electron chi connectivity index (χ2n) is 5.82. The van der Waals surface area contributed by atoms with Crippen LogP contribution in [0.3, 0.4) is 0 Å². The molecule has 0 saturated carbocycles. The first-order valence-corrected chi connectivity index (χ1v) is 8.02. The monoisotopic (exact) mass is 320 g/mol. The van der Waals surface area contributed by atoms with Crippen LogP contribution in [0.4, 0.5) is 13.2 Å². The fraction of sp³-hybridized carbons (Fsp3) is 0.867. The van der Waals surface area contributed by atoms with Crippen molar-refractivity contribution in [2.24, 2.45) is 26.9 Å². The van der Waals surface area contributed by atoms with E-state index >= 15 is 0 Å². The Morgan fingerprint density at radius 1 is 1.05 bits per heavy atom. The maximum atomic E-state index is 13.9. The van der Waals surface area contributed by atoms with Crippen molar-refractivity contribution >= 4 is 11.5 Å². The second kappa shape index (κ2) is 7.94. The molecule has 4 N–H and O–H groups in total. The molecule has 0 aromatic carbocycles. The maximum Gasteiger partial charge on any atom is 0.406 e. The summed E-state index contributed by atoms with van der Waals surface area (Å²) in [5.41, 5.74) is 9.18. The largest absolute Gasteiger partial charge is 0.406 e. The van der Waals surface area contributed by atoms with Crippen LogP contribution in [0.2, 0.25) is 0 Å². The van der Waals surface area contributed by atoms with Gasteiger partial charge < -0.3 is 5.73 Å². The summed E-state index contributed by atoms with van der Waals surface area (Å²) in [6, 6.07) is 0. The van der Waals surface area contributed by atoms with Gasteiger partial charge in [-0.1, -0.05) is 46.0 Å². The Bertz CT molecular complexity index is 418. The normalized spacial score (nSPS) is 25.8. The predicted molar refractivity (Wildman–Crippen MR) is 83.8 cm³/mol. The molecule has 0 saturated heterocycles. The Balaban J connectivity index is 3.14. The zero-order valence-electron chi connectivity index (χ0n) is 13.4. The van der Waals surface area contributed by atoms with Crippen molar-refractivity contribution in [2.45, 2.75) is 77.7 Å². The minimum atomic E-state index is -4.50. The van der Waals surface area contributed by atoms with Crippen LogP contribution < -0.4 is 11.5 Å². The molecule has 1 aliphatic rings. The average Bonchev–Trinajstić information content (AvgIpc) is 2.40. The Labute approximate surface area is 130 Å². The summed E-state index contributed by atoms with van der Waals surface area (Å²) in [7, 11) is 0. The van der Waals surface area contributed by atoms with E-state index in [1.807, 2.05) is 13.8 Å². The van der Waals surface area contributed by atoms with Gasteiger partial charge in [-0.05, 0) is 19.3 Å². The van der Waals surface area contributed by atoms with Crippen molar-refractivity contribution in [3.8, 4) is 0 Å². The summed E-state index contributed by atoms with van der Waals surface area (Å²) in [5, 5.41) is 0. The van der Waals surface area contributed by atoms with Crippen molar-refractivity contribution in [3.63, 3.8) is 0 Å². The van der Waals surface area contributed by atoms with Gasteiger partial charge in [0.15, 0.2) is 11.7 Å². The molecule has 0 aromatic rings. The second-order valence-corrected chi connectivity index (χ2v) is 5.82. The standard InChI is InChI=1S/C15H27F3N4/c1-3-5-7-9-11-14(15(16,17)18,10-8-6-4-2)12(19)22-13(20)21-11/h13H,3-10,20H2,1-2H3,(H2,19,22). The highest BCUT2D eigenvalue weighted by Crippen LogP contribution is 2.46. The van der Waals surface area contributed by atoms with Gasteiger partial charge in [0.2, 0.25) is 0 Å². The van der Waals surface area contributed by atoms with E-state index in [1.54, 1.807) is 0 Å². The highest BCUT2D eigenvalue weighted by atomic mass is 19.4. The number of aliphatic imine (C=N–C) groups is 2. The van der Waals surface area contributed by atoms with E-state index in [0.717, 1.165) is 25.7 Å². The fourth-order valence-electron chi connectivity index (χ4n) is 2.88. The number of nitrogens with two attached hydrogens (primary N) is 2. The third kappa shape index (κ3) is 4.00. The van der Waals surface area contributed by atoms with Gasteiger partial charge in [0, 0.05) is 5.71 Å². The summed E-state index contributed by atoms with van der Waals surface area (Å²) >= 11 is 0. The van der Waals surface area contributed by atoms with E-state index in [4.69, 9.17) is 11.5 Å². The lowest BCUT2D eigenvalue weighted by Crippen LogP contribution is -2.57. The minimum Gasteiger partial charge on any atom is -0.386 e. The summed E-state index contributed by atoms with van der Waals surface area (Å²) < 4.78 is 41.6. The van der Waals surface area contributed by atoms with Gasteiger partial charge in [-0.3, -0.25) is 10.7 Å². The van der Waals surface area contributed by atoms with Crippen LogP contribution in [0, 0.1) is 5.41 Å². The molecule has 7 heteroatoms. The molecule has 1 rings (SSSR count). The molecule has 0 aliphatic carbocycles. The molecule has 1 heterocycles. The number of unbranched alkanes of at least 4 members (excludes halogenated alkanes) is 4. The topological polar surface area (TPSA) is 76.8 Å². The van der Waals surface area contributed by atoms with Crippen LogP contribution in [0.25, 0.3) is 0 Å². The van der Waals surface area contributed by atoms with Gasteiger partial charge in [0.25, 0.3) is 0 Å². The van der Waals surface area contributed by atoms with Crippen molar-refractivity contribution in [3.05, 3.63) is 0 Å². The Kier molecular flexibility index (Phi) is 6.84. The molecule has 2 unspecified atom stereocenters. The molecule has 0 spiro atoms. The SMILES string of the molecule is CCCCCC1=NC(N)N=C(N)C1(CCCCC)C(F)(F)F. The molecule has 0 fully saturated rings. The number of rotatable bonds is 8. The number of halogens is 3. The van der Waals surface area contributed by atoms with Gasteiger partial charge in [-0.2, -0.15) is 13.2 Å². The molecule has 22 heavy (non-hydrogen) atoms. The molecule has 1 aliphatic heterocycles. The Morgan fingerprint density at radius 3 is 2.18 bits per heavy atom. The van der Waals surface area contributed by atoms with E-state index < -0.39 is 23.7 Å². The van der Waals surface area contributed by atoms with Gasteiger partial charge in [-0.25, -0.2) is 4.99 Å². The zero-order chi connectivity index (χ0) is 16.8. The van der Waals surface area contributed by atoms with E-state index in [9.17, 15) is 13.2 Å². The first-order chi connectivity index (χ1) is 10.3. The van der Waals surface area contributed by atoms with Crippen molar-refractivity contribution in [1.29, 1.82) is 0 Å². The summed E-state index contributed by atoms with van der Waals surface area (Å²) in [5.74, 6) is -0.426. The Morgan fingerprint density at radius 2 is 1.64 bits per heavy atom.